The number of methoxy groups -OCH3 is 2. The minimum absolute atomic E-state index is 0.0301. The van der Waals surface area contributed by atoms with Crippen LogP contribution in [0.5, 0.6) is 5.75 Å². The fourth-order valence-corrected chi connectivity index (χ4v) is 1.54. The fraction of sp³-hybridized carbons (Fsp3) is 0.462. The van der Waals surface area contributed by atoms with Crippen LogP contribution < -0.4 is 10.1 Å². The quantitative estimate of drug-likeness (QED) is 0.749. The van der Waals surface area contributed by atoms with Gasteiger partial charge in [0.15, 0.2) is 0 Å². The van der Waals surface area contributed by atoms with Crippen LogP contribution in [-0.4, -0.2) is 37.9 Å². The summed E-state index contributed by atoms with van der Waals surface area (Å²) in [6.45, 7) is 2.23. The standard InChI is InChI=1S/C13H19NO4/c1-9-4-5-12(17-2)11(6-9)14-8-10(15)7-13(16)18-3/h4-6,10,14-15H,7-8H2,1-3H3. The third-order valence-electron chi connectivity index (χ3n) is 2.51. The number of hydrogen-bond donors (Lipinski definition) is 2. The second-order valence-electron chi connectivity index (χ2n) is 4.02. The number of nitrogens with one attached hydrogen (secondary N) is 1. The Balaban J connectivity index is 2.57. The first-order valence-corrected chi connectivity index (χ1v) is 5.70. The number of hydrogen-bond acceptors (Lipinski definition) is 5. The number of rotatable bonds is 6. The van der Waals surface area contributed by atoms with E-state index in [4.69, 9.17) is 4.74 Å². The average molecular weight is 253 g/mol. The van der Waals surface area contributed by atoms with Crippen LogP contribution in [0.4, 0.5) is 5.69 Å². The molecule has 5 nitrogen and oxygen atoms in total. The third kappa shape index (κ3) is 4.25. The van der Waals surface area contributed by atoms with Crippen molar-refractivity contribution in [2.75, 3.05) is 26.1 Å². The Morgan fingerprint density at radius 2 is 2.17 bits per heavy atom. The van der Waals surface area contributed by atoms with Crippen LogP contribution in [0.25, 0.3) is 0 Å². The van der Waals surface area contributed by atoms with Gasteiger partial charge in [-0.05, 0) is 24.6 Å². The molecular formula is C13H19NO4. The third-order valence-corrected chi connectivity index (χ3v) is 2.51. The van der Waals surface area contributed by atoms with Gasteiger partial charge in [0.05, 0.1) is 32.4 Å². The molecule has 0 spiro atoms. The van der Waals surface area contributed by atoms with Gasteiger partial charge in [0.25, 0.3) is 0 Å². The van der Waals surface area contributed by atoms with E-state index in [1.807, 2.05) is 25.1 Å². The highest BCUT2D eigenvalue weighted by atomic mass is 16.5. The Morgan fingerprint density at radius 1 is 1.44 bits per heavy atom. The summed E-state index contributed by atoms with van der Waals surface area (Å²) < 4.78 is 9.68. The summed E-state index contributed by atoms with van der Waals surface area (Å²) in [7, 11) is 2.88. The van der Waals surface area contributed by atoms with E-state index in [2.05, 4.69) is 10.1 Å². The van der Waals surface area contributed by atoms with Crippen molar-refractivity contribution in [1.82, 2.24) is 0 Å². The number of aliphatic hydroxyl groups excluding tert-OH is 1. The number of ether oxygens (including phenoxy) is 2. The van der Waals surface area contributed by atoms with Crippen LogP contribution in [0.3, 0.4) is 0 Å². The number of carbonyl (C=O) groups is 1. The molecule has 0 saturated carbocycles. The van der Waals surface area contributed by atoms with Gasteiger partial charge in [0.2, 0.25) is 0 Å². The van der Waals surface area contributed by atoms with Crippen molar-refractivity contribution in [3.63, 3.8) is 0 Å². The van der Waals surface area contributed by atoms with Crippen molar-refractivity contribution in [1.29, 1.82) is 0 Å². The van der Waals surface area contributed by atoms with E-state index in [9.17, 15) is 9.90 Å². The van der Waals surface area contributed by atoms with Crippen molar-refractivity contribution >= 4 is 11.7 Å². The van der Waals surface area contributed by atoms with Crippen LogP contribution in [0.1, 0.15) is 12.0 Å². The predicted octanol–water partition coefficient (Wildman–Crippen LogP) is 1.34. The minimum atomic E-state index is -0.789. The molecule has 0 aliphatic carbocycles. The Labute approximate surface area is 107 Å². The van der Waals surface area contributed by atoms with E-state index in [1.165, 1.54) is 7.11 Å². The summed E-state index contributed by atoms with van der Waals surface area (Å²) in [4.78, 5) is 11.0. The van der Waals surface area contributed by atoms with Crippen molar-refractivity contribution in [2.45, 2.75) is 19.4 Å². The average Bonchev–Trinajstić information content (AvgIpc) is 2.36. The summed E-state index contributed by atoms with van der Waals surface area (Å²) in [6, 6.07) is 5.71. The molecule has 1 rings (SSSR count). The summed E-state index contributed by atoms with van der Waals surface area (Å²) in [6.07, 6.45) is -0.819. The molecule has 0 aliphatic rings. The second kappa shape index (κ2) is 6.86. The lowest BCUT2D eigenvalue weighted by Crippen LogP contribution is -2.23. The number of anilines is 1. The van der Waals surface area contributed by atoms with Crippen LogP contribution in [0, 0.1) is 6.92 Å². The van der Waals surface area contributed by atoms with Gasteiger partial charge in [0, 0.05) is 6.54 Å². The van der Waals surface area contributed by atoms with Gasteiger partial charge in [-0.1, -0.05) is 6.07 Å². The van der Waals surface area contributed by atoms with E-state index < -0.39 is 12.1 Å². The van der Waals surface area contributed by atoms with Crippen LogP contribution in [0.2, 0.25) is 0 Å². The molecule has 1 unspecified atom stereocenters. The van der Waals surface area contributed by atoms with Crippen molar-refractivity contribution in [3.8, 4) is 5.75 Å². The predicted molar refractivity (Wildman–Crippen MR) is 68.9 cm³/mol. The smallest absolute Gasteiger partial charge is 0.308 e. The molecule has 0 fully saturated rings. The molecule has 1 aromatic rings. The molecule has 5 heteroatoms. The molecule has 0 aliphatic heterocycles. The summed E-state index contributed by atoms with van der Waals surface area (Å²) in [5, 5.41) is 12.7. The van der Waals surface area contributed by atoms with Crippen LogP contribution in [-0.2, 0) is 9.53 Å². The Hall–Kier alpha value is -1.75. The molecule has 0 aromatic heterocycles. The zero-order valence-corrected chi connectivity index (χ0v) is 10.9. The SMILES string of the molecule is COC(=O)CC(O)CNc1cc(C)ccc1OC. The first-order valence-electron chi connectivity index (χ1n) is 5.70. The zero-order chi connectivity index (χ0) is 13.5. The van der Waals surface area contributed by atoms with Crippen molar-refractivity contribution in [3.05, 3.63) is 23.8 Å². The summed E-state index contributed by atoms with van der Waals surface area (Å²) in [5.41, 5.74) is 1.88. The van der Waals surface area contributed by atoms with Gasteiger partial charge < -0.3 is 19.9 Å². The highest BCUT2D eigenvalue weighted by molar-refractivity contribution is 5.69. The molecule has 0 amide bonds. The zero-order valence-electron chi connectivity index (χ0n) is 10.9. The van der Waals surface area contributed by atoms with Crippen molar-refractivity contribution < 1.29 is 19.4 Å². The highest BCUT2D eigenvalue weighted by Crippen LogP contribution is 2.25. The van der Waals surface area contributed by atoms with E-state index in [0.717, 1.165) is 11.3 Å². The minimum Gasteiger partial charge on any atom is -0.495 e. The molecule has 1 aromatic carbocycles. The molecule has 0 radical (unpaired) electrons. The Bertz CT molecular complexity index is 406. The molecule has 0 saturated heterocycles. The number of aryl methyl sites for hydroxylation is 1. The van der Waals surface area contributed by atoms with Gasteiger partial charge >= 0.3 is 5.97 Å². The highest BCUT2D eigenvalue weighted by Gasteiger charge is 2.11. The monoisotopic (exact) mass is 253 g/mol. The van der Waals surface area contributed by atoms with Crippen LogP contribution in [0.15, 0.2) is 18.2 Å². The van der Waals surface area contributed by atoms with E-state index in [1.54, 1.807) is 7.11 Å². The van der Waals surface area contributed by atoms with Gasteiger partial charge in [-0.25, -0.2) is 0 Å². The summed E-state index contributed by atoms with van der Waals surface area (Å²) >= 11 is 0. The molecule has 2 N–H and O–H groups in total. The number of esters is 1. The maximum absolute atomic E-state index is 11.0. The second-order valence-corrected chi connectivity index (χ2v) is 4.02. The molecule has 100 valence electrons. The first-order chi connectivity index (χ1) is 8.56. The Morgan fingerprint density at radius 3 is 2.78 bits per heavy atom. The lowest BCUT2D eigenvalue weighted by molar-refractivity contribution is -0.142. The van der Waals surface area contributed by atoms with E-state index >= 15 is 0 Å². The van der Waals surface area contributed by atoms with E-state index in [-0.39, 0.29) is 13.0 Å². The fourth-order valence-electron chi connectivity index (χ4n) is 1.54. The molecule has 18 heavy (non-hydrogen) atoms. The van der Waals surface area contributed by atoms with E-state index in [0.29, 0.717) is 5.75 Å². The van der Waals surface area contributed by atoms with Crippen molar-refractivity contribution in [2.24, 2.45) is 0 Å². The first kappa shape index (κ1) is 14.3. The molecule has 0 heterocycles. The molecule has 1 atom stereocenters. The maximum Gasteiger partial charge on any atom is 0.308 e. The van der Waals surface area contributed by atoms with Gasteiger partial charge in [-0.15, -0.1) is 0 Å². The van der Waals surface area contributed by atoms with Gasteiger partial charge in [-0.3, -0.25) is 4.79 Å². The number of aliphatic hydroxyl groups is 1. The normalized spacial score (nSPS) is 11.8. The molecule has 0 bridgehead atoms. The Kier molecular flexibility index (Phi) is 5.45. The number of carbonyl (C=O) groups excluding carboxylic acids is 1. The topological polar surface area (TPSA) is 67.8 Å². The van der Waals surface area contributed by atoms with Gasteiger partial charge in [-0.2, -0.15) is 0 Å². The maximum atomic E-state index is 11.0. The van der Waals surface area contributed by atoms with Crippen LogP contribution >= 0.6 is 0 Å². The summed E-state index contributed by atoms with van der Waals surface area (Å²) in [5.74, 6) is 0.270. The van der Waals surface area contributed by atoms with Gasteiger partial charge in [0.1, 0.15) is 5.75 Å². The lowest BCUT2D eigenvalue weighted by Gasteiger charge is -2.14. The largest absolute Gasteiger partial charge is 0.495 e. The molecular weight excluding hydrogens is 234 g/mol. The number of benzene rings is 1. The lowest BCUT2D eigenvalue weighted by atomic mass is 10.2.